The van der Waals surface area contributed by atoms with Gasteiger partial charge in [-0.3, -0.25) is 9.59 Å². The molecule has 0 radical (unpaired) electrons. The fraction of sp³-hybridized carbons (Fsp3) is 0.957. The van der Waals surface area contributed by atoms with Crippen molar-refractivity contribution in [2.45, 2.75) is 263 Å². The predicted octanol–water partition coefficient (Wildman–Crippen LogP) is 10.2. The van der Waals surface area contributed by atoms with Crippen LogP contribution >= 0.6 is 0 Å². The molecule has 0 aromatic heterocycles. The summed E-state index contributed by atoms with van der Waals surface area (Å²) in [6.07, 6.45) is 31.1. The van der Waals surface area contributed by atoms with Crippen LogP contribution in [0.5, 0.6) is 0 Å². The lowest BCUT2D eigenvalue weighted by molar-refractivity contribution is -0.305. The van der Waals surface area contributed by atoms with Gasteiger partial charge in [0, 0.05) is 12.8 Å². The van der Waals surface area contributed by atoms with Gasteiger partial charge in [0.2, 0.25) is 0 Å². The quantitative estimate of drug-likeness (QED) is 0.0348. The molecule has 10 nitrogen and oxygen atoms in total. The Morgan fingerprint density at radius 1 is 0.482 bits per heavy atom. The molecule has 0 aromatic rings. The summed E-state index contributed by atoms with van der Waals surface area (Å²) in [6.45, 7) is 3.45. The van der Waals surface area contributed by atoms with E-state index in [4.69, 9.17) is 18.9 Å². The predicted molar refractivity (Wildman–Crippen MR) is 224 cm³/mol. The number of esters is 2. The van der Waals surface area contributed by atoms with Crippen molar-refractivity contribution in [1.29, 1.82) is 0 Å². The third-order valence-electron chi connectivity index (χ3n) is 11.2. The maximum absolute atomic E-state index is 12.8. The number of unbranched alkanes of at least 4 members (excludes halogenated alkanes) is 29. The highest BCUT2D eigenvalue weighted by Crippen LogP contribution is 2.23. The van der Waals surface area contributed by atoms with Gasteiger partial charge in [-0.1, -0.05) is 200 Å². The molecule has 2 unspecified atom stereocenters. The van der Waals surface area contributed by atoms with Gasteiger partial charge in [0.25, 0.3) is 0 Å². The maximum Gasteiger partial charge on any atom is 0.306 e. The average molecular weight is 801 g/mol. The molecule has 332 valence electrons. The van der Waals surface area contributed by atoms with E-state index in [-0.39, 0.29) is 32.0 Å². The Balaban J connectivity index is 2.27. The molecule has 0 amide bonds. The van der Waals surface area contributed by atoms with E-state index in [0.717, 1.165) is 38.5 Å². The molecule has 1 fully saturated rings. The molecule has 0 spiro atoms. The Morgan fingerprint density at radius 3 is 1.21 bits per heavy atom. The van der Waals surface area contributed by atoms with Crippen LogP contribution in [0.15, 0.2) is 0 Å². The van der Waals surface area contributed by atoms with Gasteiger partial charge in [-0.25, -0.2) is 0 Å². The molecule has 0 aromatic carbocycles. The summed E-state index contributed by atoms with van der Waals surface area (Å²) >= 11 is 0. The first-order chi connectivity index (χ1) is 27.3. The van der Waals surface area contributed by atoms with Crippen molar-refractivity contribution in [3.05, 3.63) is 0 Å². The molecule has 4 N–H and O–H groups in total. The van der Waals surface area contributed by atoms with Crippen LogP contribution in [-0.2, 0) is 28.5 Å². The summed E-state index contributed by atoms with van der Waals surface area (Å²) in [5, 5.41) is 40.1. The minimum Gasteiger partial charge on any atom is -0.462 e. The van der Waals surface area contributed by atoms with Gasteiger partial charge in [-0.15, -0.1) is 0 Å². The van der Waals surface area contributed by atoms with Crippen LogP contribution < -0.4 is 0 Å². The lowest BCUT2D eigenvalue weighted by Crippen LogP contribution is -2.59. The molecule has 1 aliphatic heterocycles. The van der Waals surface area contributed by atoms with Crippen molar-refractivity contribution in [3.8, 4) is 0 Å². The minimum atomic E-state index is -1.59. The van der Waals surface area contributed by atoms with E-state index in [0.29, 0.717) is 6.42 Å². The van der Waals surface area contributed by atoms with Crippen molar-refractivity contribution < 1.29 is 49.0 Å². The molecule has 1 heterocycles. The fourth-order valence-corrected chi connectivity index (χ4v) is 7.48. The molecule has 10 heteroatoms. The largest absolute Gasteiger partial charge is 0.462 e. The summed E-state index contributed by atoms with van der Waals surface area (Å²) in [4.78, 5) is 25.3. The number of aliphatic hydroxyl groups excluding tert-OH is 4. The monoisotopic (exact) mass is 801 g/mol. The number of ether oxygens (including phenoxy) is 4. The van der Waals surface area contributed by atoms with Crippen molar-refractivity contribution >= 4 is 11.9 Å². The molecule has 56 heavy (non-hydrogen) atoms. The average Bonchev–Trinajstić information content (AvgIpc) is 3.19. The number of carbonyl (C=O) groups is 2. The SMILES string of the molecule is CCCCCCCCCCCCCCCCCCCCCC(=O)O[C@H](COC(=O)CCCCCCCCCCCCCC)CO[C@@H]1O[C@H](CO)[C@H](O)C(O)C1O. The Hall–Kier alpha value is -1.30. The van der Waals surface area contributed by atoms with Crippen LogP contribution in [0, 0.1) is 0 Å². The summed E-state index contributed by atoms with van der Waals surface area (Å²) in [5.41, 5.74) is 0. The Labute approximate surface area is 342 Å². The first-order valence-corrected chi connectivity index (χ1v) is 23.6. The number of aliphatic hydroxyl groups is 4. The highest BCUT2D eigenvalue weighted by atomic mass is 16.7. The van der Waals surface area contributed by atoms with Gasteiger partial charge in [-0.05, 0) is 12.8 Å². The Morgan fingerprint density at radius 2 is 0.839 bits per heavy atom. The van der Waals surface area contributed by atoms with Crippen LogP contribution in [0.25, 0.3) is 0 Å². The molecule has 0 aliphatic carbocycles. The highest BCUT2D eigenvalue weighted by molar-refractivity contribution is 5.70. The summed E-state index contributed by atoms with van der Waals surface area (Å²) in [5.74, 6) is -0.791. The summed E-state index contributed by atoms with van der Waals surface area (Å²) in [7, 11) is 0. The second-order valence-corrected chi connectivity index (χ2v) is 16.6. The molecule has 0 saturated carbocycles. The number of hydrogen-bond acceptors (Lipinski definition) is 10. The Bertz CT molecular complexity index is 886. The molecular formula is C46H88O10. The lowest BCUT2D eigenvalue weighted by atomic mass is 9.99. The zero-order valence-corrected chi connectivity index (χ0v) is 36.2. The van der Waals surface area contributed by atoms with Crippen LogP contribution in [0.3, 0.4) is 0 Å². The second-order valence-electron chi connectivity index (χ2n) is 16.6. The van der Waals surface area contributed by atoms with E-state index in [1.807, 2.05) is 0 Å². The topological polar surface area (TPSA) is 152 Å². The van der Waals surface area contributed by atoms with Crippen LogP contribution in [0.2, 0.25) is 0 Å². The molecule has 1 aliphatic rings. The van der Waals surface area contributed by atoms with Crippen molar-refractivity contribution in [2.75, 3.05) is 19.8 Å². The standard InChI is InChI=1S/C46H88O10/c1-3-5-7-9-11-13-15-17-18-19-20-21-22-23-25-27-29-31-33-35-42(49)55-39(38-54-46-45(52)44(51)43(50)40(36-47)56-46)37-53-41(48)34-32-30-28-26-24-16-14-12-10-8-6-4-2/h39-40,43-47,50-52H,3-38H2,1-2H3/t39-,40-,43+,44?,45?,46-/m1/s1. The van der Waals surface area contributed by atoms with Crippen LogP contribution in [0.1, 0.15) is 226 Å². The lowest BCUT2D eigenvalue weighted by Gasteiger charge is -2.39. The smallest absolute Gasteiger partial charge is 0.306 e. The van der Waals surface area contributed by atoms with Crippen molar-refractivity contribution in [3.63, 3.8) is 0 Å². The number of hydrogen-bond donors (Lipinski definition) is 4. The minimum absolute atomic E-state index is 0.209. The second kappa shape index (κ2) is 37.9. The van der Waals surface area contributed by atoms with Gasteiger partial charge in [0.05, 0.1) is 13.2 Å². The van der Waals surface area contributed by atoms with E-state index in [9.17, 15) is 30.0 Å². The van der Waals surface area contributed by atoms with E-state index < -0.39 is 49.4 Å². The van der Waals surface area contributed by atoms with E-state index in [1.54, 1.807) is 0 Å². The third-order valence-corrected chi connectivity index (χ3v) is 11.2. The molecular weight excluding hydrogens is 712 g/mol. The van der Waals surface area contributed by atoms with Crippen LogP contribution in [0.4, 0.5) is 0 Å². The normalized spacial score (nSPS) is 20.3. The molecule has 1 saturated heterocycles. The van der Waals surface area contributed by atoms with E-state index in [2.05, 4.69) is 13.8 Å². The van der Waals surface area contributed by atoms with E-state index >= 15 is 0 Å². The highest BCUT2D eigenvalue weighted by Gasteiger charge is 2.44. The zero-order chi connectivity index (χ0) is 40.9. The molecule has 1 rings (SSSR count). The molecule has 0 bridgehead atoms. The molecule has 6 atom stereocenters. The Kier molecular flexibility index (Phi) is 35.7. The zero-order valence-electron chi connectivity index (χ0n) is 36.2. The van der Waals surface area contributed by atoms with Crippen molar-refractivity contribution in [2.24, 2.45) is 0 Å². The summed E-state index contributed by atoms with van der Waals surface area (Å²) < 4.78 is 22.2. The first-order valence-electron chi connectivity index (χ1n) is 23.6. The number of carbonyl (C=O) groups excluding carboxylic acids is 2. The third kappa shape index (κ3) is 29.0. The van der Waals surface area contributed by atoms with Gasteiger partial charge in [0.1, 0.15) is 31.0 Å². The van der Waals surface area contributed by atoms with Gasteiger partial charge in [0.15, 0.2) is 12.4 Å². The van der Waals surface area contributed by atoms with Crippen molar-refractivity contribution in [1.82, 2.24) is 0 Å². The van der Waals surface area contributed by atoms with E-state index in [1.165, 1.54) is 154 Å². The van der Waals surface area contributed by atoms with Gasteiger partial charge < -0.3 is 39.4 Å². The van der Waals surface area contributed by atoms with Gasteiger partial charge in [-0.2, -0.15) is 0 Å². The fourth-order valence-electron chi connectivity index (χ4n) is 7.48. The first kappa shape index (κ1) is 52.7. The maximum atomic E-state index is 12.8. The van der Waals surface area contributed by atoms with Crippen LogP contribution in [-0.4, -0.2) is 89.0 Å². The number of rotatable bonds is 40. The summed E-state index contributed by atoms with van der Waals surface area (Å²) in [6, 6.07) is 0. The van der Waals surface area contributed by atoms with Gasteiger partial charge >= 0.3 is 11.9 Å².